The molecule has 0 aromatic heterocycles. The summed E-state index contributed by atoms with van der Waals surface area (Å²) in [4.78, 5) is 14.0. The Labute approximate surface area is 119 Å². The van der Waals surface area contributed by atoms with Crippen molar-refractivity contribution in [3.05, 3.63) is 48.0 Å². The number of fused-ring (bicyclic) bond motifs is 1. The number of rotatable bonds is 2. The van der Waals surface area contributed by atoms with E-state index < -0.39 is 0 Å². The summed E-state index contributed by atoms with van der Waals surface area (Å²) in [7, 11) is 1.86. The molecule has 0 bridgehead atoms. The highest BCUT2D eigenvalue weighted by atomic mass is 16.2. The molecule has 3 heteroatoms. The Bertz CT molecular complexity index is 663. The van der Waals surface area contributed by atoms with Gasteiger partial charge in [-0.3, -0.25) is 10.1 Å². The Kier molecular flexibility index (Phi) is 3.02. The van der Waals surface area contributed by atoms with E-state index in [0.29, 0.717) is 0 Å². The fourth-order valence-corrected chi connectivity index (χ4v) is 2.83. The van der Waals surface area contributed by atoms with Crippen molar-refractivity contribution in [2.45, 2.75) is 32.0 Å². The molecule has 1 heterocycles. The number of hydrogen-bond acceptors (Lipinski definition) is 2. The van der Waals surface area contributed by atoms with Crippen LogP contribution in [-0.4, -0.2) is 29.6 Å². The van der Waals surface area contributed by atoms with Gasteiger partial charge in [-0.15, -0.1) is 0 Å². The molecule has 0 spiro atoms. The second kappa shape index (κ2) is 4.60. The second-order valence-electron chi connectivity index (χ2n) is 6.04. The first kappa shape index (κ1) is 13.1. The van der Waals surface area contributed by atoms with Crippen molar-refractivity contribution >= 4 is 16.7 Å². The molecule has 3 rings (SSSR count). The summed E-state index contributed by atoms with van der Waals surface area (Å²) >= 11 is 0. The number of carbonyl (C=O) groups is 1. The Morgan fingerprint density at radius 2 is 1.85 bits per heavy atom. The second-order valence-corrected chi connectivity index (χ2v) is 6.04. The van der Waals surface area contributed by atoms with E-state index in [9.17, 15) is 4.79 Å². The molecule has 0 radical (unpaired) electrons. The van der Waals surface area contributed by atoms with Gasteiger partial charge in [0.1, 0.15) is 0 Å². The fourth-order valence-electron chi connectivity index (χ4n) is 2.83. The van der Waals surface area contributed by atoms with Crippen molar-refractivity contribution in [2.24, 2.45) is 0 Å². The smallest absolute Gasteiger partial charge is 0.241 e. The topological polar surface area (TPSA) is 32.3 Å². The lowest BCUT2D eigenvalue weighted by Crippen LogP contribution is -2.45. The first-order chi connectivity index (χ1) is 9.47. The number of nitrogens with zero attached hydrogens (tertiary/aromatic N) is 1. The van der Waals surface area contributed by atoms with Crippen LogP contribution in [0.15, 0.2) is 42.5 Å². The number of hydrogen-bond donors (Lipinski definition) is 1. The number of amides is 1. The van der Waals surface area contributed by atoms with Gasteiger partial charge in [-0.1, -0.05) is 42.5 Å². The van der Waals surface area contributed by atoms with E-state index in [2.05, 4.69) is 35.6 Å². The van der Waals surface area contributed by atoms with E-state index in [0.717, 1.165) is 6.42 Å². The standard InChI is InChI=1S/C17H20N2O/c1-17(2)18-15(16(20)19(17)3)11-12-8-9-13-6-4-5-7-14(13)10-12/h4-10,15,18H,11H2,1-3H3/t15-/m0/s1. The van der Waals surface area contributed by atoms with Crippen molar-refractivity contribution < 1.29 is 4.79 Å². The van der Waals surface area contributed by atoms with Gasteiger partial charge < -0.3 is 4.90 Å². The van der Waals surface area contributed by atoms with Crippen molar-refractivity contribution in [3.8, 4) is 0 Å². The van der Waals surface area contributed by atoms with Crippen molar-refractivity contribution in [1.82, 2.24) is 10.2 Å². The molecule has 2 aromatic carbocycles. The fraction of sp³-hybridized carbons (Fsp3) is 0.353. The SMILES string of the molecule is CN1C(=O)[C@H](Cc2ccc3ccccc3c2)NC1(C)C. The van der Waals surface area contributed by atoms with Crippen LogP contribution in [0.2, 0.25) is 0 Å². The molecule has 1 aliphatic heterocycles. The summed E-state index contributed by atoms with van der Waals surface area (Å²) in [6, 6.07) is 14.6. The summed E-state index contributed by atoms with van der Waals surface area (Å²) in [5.74, 6) is 0.170. The molecular weight excluding hydrogens is 248 g/mol. The molecule has 1 saturated heterocycles. The summed E-state index contributed by atoms with van der Waals surface area (Å²) in [6.45, 7) is 4.07. The Morgan fingerprint density at radius 1 is 1.15 bits per heavy atom. The van der Waals surface area contributed by atoms with Crippen molar-refractivity contribution in [3.63, 3.8) is 0 Å². The molecule has 20 heavy (non-hydrogen) atoms. The number of carbonyl (C=O) groups excluding carboxylic acids is 1. The lowest BCUT2D eigenvalue weighted by molar-refractivity contribution is -0.129. The van der Waals surface area contributed by atoms with E-state index in [1.54, 1.807) is 4.90 Å². The molecule has 104 valence electrons. The molecule has 0 aliphatic carbocycles. The van der Waals surface area contributed by atoms with Crippen LogP contribution in [0.25, 0.3) is 10.8 Å². The van der Waals surface area contributed by atoms with Crippen LogP contribution in [0, 0.1) is 0 Å². The van der Waals surface area contributed by atoms with Gasteiger partial charge in [-0.25, -0.2) is 0 Å². The first-order valence-electron chi connectivity index (χ1n) is 7.00. The minimum Gasteiger partial charge on any atom is -0.327 e. The van der Waals surface area contributed by atoms with Gasteiger partial charge in [-0.2, -0.15) is 0 Å². The van der Waals surface area contributed by atoms with Crippen LogP contribution in [0.3, 0.4) is 0 Å². The van der Waals surface area contributed by atoms with Crippen LogP contribution in [-0.2, 0) is 11.2 Å². The third-order valence-corrected chi connectivity index (χ3v) is 4.25. The molecular formula is C17H20N2O. The summed E-state index contributed by atoms with van der Waals surface area (Å²) in [5.41, 5.74) is 0.930. The quantitative estimate of drug-likeness (QED) is 0.908. The normalized spacial score (nSPS) is 21.6. The van der Waals surface area contributed by atoms with E-state index in [1.165, 1.54) is 16.3 Å². The third kappa shape index (κ3) is 2.18. The maximum Gasteiger partial charge on any atom is 0.241 e. The summed E-state index contributed by atoms with van der Waals surface area (Å²) in [5, 5.41) is 5.86. The molecule has 0 unspecified atom stereocenters. The monoisotopic (exact) mass is 268 g/mol. The Balaban J connectivity index is 1.85. The average molecular weight is 268 g/mol. The van der Waals surface area contributed by atoms with Gasteiger partial charge in [0.2, 0.25) is 5.91 Å². The minimum atomic E-state index is -0.265. The van der Waals surface area contributed by atoms with Gasteiger partial charge in [0.15, 0.2) is 0 Å². The van der Waals surface area contributed by atoms with Crippen LogP contribution >= 0.6 is 0 Å². The van der Waals surface area contributed by atoms with Crippen LogP contribution in [0.5, 0.6) is 0 Å². The zero-order valence-electron chi connectivity index (χ0n) is 12.2. The molecule has 1 aliphatic rings. The highest BCUT2D eigenvalue weighted by molar-refractivity contribution is 5.86. The maximum absolute atomic E-state index is 12.3. The van der Waals surface area contributed by atoms with E-state index in [-0.39, 0.29) is 17.6 Å². The molecule has 1 amide bonds. The lowest BCUT2D eigenvalue weighted by atomic mass is 10.0. The predicted octanol–water partition coefficient (Wildman–Crippen LogP) is 2.55. The van der Waals surface area contributed by atoms with E-state index in [4.69, 9.17) is 0 Å². The summed E-state index contributed by atoms with van der Waals surface area (Å²) < 4.78 is 0. The molecule has 3 nitrogen and oxygen atoms in total. The number of likely N-dealkylation sites (N-methyl/N-ethyl adjacent to an activating group) is 1. The molecule has 0 saturated carbocycles. The third-order valence-electron chi connectivity index (χ3n) is 4.25. The van der Waals surface area contributed by atoms with E-state index >= 15 is 0 Å². The maximum atomic E-state index is 12.3. The predicted molar refractivity (Wildman–Crippen MR) is 81.4 cm³/mol. The Morgan fingerprint density at radius 3 is 2.50 bits per heavy atom. The molecule has 2 aromatic rings. The highest BCUT2D eigenvalue weighted by Gasteiger charge is 2.41. The van der Waals surface area contributed by atoms with Crippen molar-refractivity contribution in [2.75, 3.05) is 7.05 Å². The molecule has 1 fully saturated rings. The van der Waals surface area contributed by atoms with Gasteiger partial charge in [-0.05, 0) is 36.6 Å². The first-order valence-corrected chi connectivity index (χ1v) is 7.00. The van der Waals surface area contributed by atoms with Gasteiger partial charge >= 0.3 is 0 Å². The Hall–Kier alpha value is -1.87. The largest absolute Gasteiger partial charge is 0.327 e. The number of nitrogens with one attached hydrogen (secondary N) is 1. The minimum absolute atomic E-state index is 0.129. The van der Waals surface area contributed by atoms with Gasteiger partial charge in [0.05, 0.1) is 11.7 Å². The van der Waals surface area contributed by atoms with Crippen LogP contribution in [0.4, 0.5) is 0 Å². The highest BCUT2D eigenvalue weighted by Crippen LogP contribution is 2.22. The van der Waals surface area contributed by atoms with E-state index in [1.807, 2.05) is 33.0 Å². The van der Waals surface area contributed by atoms with Crippen LogP contribution < -0.4 is 5.32 Å². The molecule has 1 atom stereocenters. The van der Waals surface area contributed by atoms with Gasteiger partial charge in [0, 0.05) is 7.05 Å². The molecule has 1 N–H and O–H groups in total. The summed E-state index contributed by atoms with van der Waals surface area (Å²) in [6.07, 6.45) is 0.734. The number of benzene rings is 2. The van der Waals surface area contributed by atoms with Crippen LogP contribution in [0.1, 0.15) is 19.4 Å². The zero-order chi connectivity index (χ0) is 14.3. The zero-order valence-corrected chi connectivity index (χ0v) is 12.2. The lowest BCUT2D eigenvalue weighted by Gasteiger charge is -2.27. The average Bonchev–Trinajstić information content (AvgIpc) is 2.62. The van der Waals surface area contributed by atoms with Gasteiger partial charge in [0.25, 0.3) is 0 Å². The van der Waals surface area contributed by atoms with Crippen molar-refractivity contribution in [1.29, 1.82) is 0 Å².